The number of nitrogens with one attached hydrogen (secondary N) is 1. The SMILES string of the molecule is CCc1oc2ccccc2c1CN(C)C(=O)Nc1ccc(-c2nnnn2C2CC2)cc1. The molecule has 31 heavy (non-hydrogen) atoms. The molecule has 0 bridgehead atoms. The predicted molar refractivity (Wildman–Crippen MR) is 118 cm³/mol. The number of amides is 2. The smallest absolute Gasteiger partial charge is 0.321 e. The molecule has 0 spiro atoms. The number of rotatable bonds is 6. The maximum Gasteiger partial charge on any atom is 0.321 e. The predicted octanol–water partition coefficient (Wildman–Crippen LogP) is 4.65. The monoisotopic (exact) mass is 416 g/mol. The molecule has 2 aromatic heterocycles. The Kier molecular flexibility index (Phi) is 4.89. The summed E-state index contributed by atoms with van der Waals surface area (Å²) in [4.78, 5) is 14.5. The zero-order chi connectivity index (χ0) is 21.4. The van der Waals surface area contributed by atoms with Gasteiger partial charge in [-0.25, -0.2) is 9.48 Å². The molecule has 1 N–H and O–H groups in total. The van der Waals surface area contributed by atoms with Crippen LogP contribution >= 0.6 is 0 Å². The molecule has 8 nitrogen and oxygen atoms in total. The minimum atomic E-state index is -0.178. The van der Waals surface area contributed by atoms with Gasteiger partial charge in [-0.2, -0.15) is 0 Å². The van der Waals surface area contributed by atoms with E-state index >= 15 is 0 Å². The number of carbonyl (C=O) groups is 1. The fraction of sp³-hybridized carbons (Fsp3) is 0.304. The second-order valence-corrected chi connectivity index (χ2v) is 7.90. The number of anilines is 1. The molecule has 2 aromatic carbocycles. The molecule has 2 amide bonds. The van der Waals surface area contributed by atoms with Crippen molar-refractivity contribution in [3.63, 3.8) is 0 Å². The van der Waals surface area contributed by atoms with Crippen LogP contribution in [0, 0.1) is 0 Å². The molecule has 1 fully saturated rings. The van der Waals surface area contributed by atoms with Crippen LogP contribution in [-0.2, 0) is 13.0 Å². The summed E-state index contributed by atoms with van der Waals surface area (Å²) in [5.74, 6) is 1.68. The molecule has 8 heteroatoms. The number of tetrazole rings is 1. The first-order chi connectivity index (χ1) is 15.1. The average molecular weight is 416 g/mol. The number of hydrogen-bond acceptors (Lipinski definition) is 5. The summed E-state index contributed by atoms with van der Waals surface area (Å²) >= 11 is 0. The zero-order valence-electron chi connectivity index (χ0n) is 17.6. The van der Waals surface area contributed by atoms with Crippen LogP contribution in [0.15, 0.2) is 52.9 Å². The summed E-state index contributed by atoms with van der Waals surface area (Å²) in [6, 6.07) is 15.8. The highest BCUT2D eigenvalue weighted by atomic mass is 16.3. The van der Waals surface area contributed by atoms with Crippen LogP contribution in [0.1, 0.15) is 37.1 Å². The summed E-state index contributed by atoms with van der Waals surface area (Å²) in [7, 11) is 1.79. The second-order valence-electron chi connectivity index (χ2n) is 7.90. The summed E-state index contributed by atoms with van der Waals surface area (Å²) in [5.41, 5.74) is 3.56. The van der Waals surface area contributed by atoms with Gasteiger partial charge in [-0.05, 0) is 53.6 Å². The van der Waals surface area contributed by atoms with E-state index in [9.17, 15) is 4.79 Å². The van der Waals surface area contributed by atoms with Crippen molar-refractivity contribution in [3.05, 3.63) is 59.9 Å². The van der Waals surface area contributed by atoms with Crippen molar-refractivity contribution in [2.24, 2.45) is 0 Å². The first kappa shape index (κ1) is 19.3. The Bertz CT molecular complexity index is 1220. The van der Waals surface area contributed by atoms with E-state index in [0.717, 1.165) is 58.6 Å². The topological polar surface area (TPSA) is 89.1 Å². The highest BCUT2D eigenvalue weighted by Crippen LogP contribution is 2.36. The van der Waals surface area contributed by atoms with Gasteiger partial charge in [0, 0.05) is 35.7 Å². The Morgan fingerprint density at radius 1 is 1.19 bits per heavy atom. The maximum atomic E-state index is 12.8. The number of furan rings is 1. The fourth-order valence-electron chi connectivity index (χ4n) is 3.79. The minimum Gasteiger partial charge on any atom is -0.461 e. The first-order valence-electron chi connectivity index (χ1n) is 10.5. The zero-order valence-corrected chi connectivity index (χ0v) is 17.6. The Labute approximate surface area is 179 Å². The molecular formula is C23H24N6O2. The normalized spacial score (nSPS) is 13.5. The molecular weight excluding hydrogens is 392 g/mol. The van der Waals surface area contributed by atoms with Crippen molar-refractivity contribution in [2.45, 2.75) is 38.8 Å². The highest BCUT2D eigenvalue weighted by Gasteiger charge is 2.28. The third-order valence-electron chi connectivity index (χ3n) is 5.62. The van der Waals surface area contributed by atoms with Crippen LogP contribution in [0.4, 0.5) is 10.5 Å². The summed E-state index contributed by atoms with van der Waals surface area (Å²) in [5, 5.41) is 16.1. The molecule has 1 aliphatic rings. The van der Waals surface area contributed by atoms with Gasteiger partial charge in [-0.1, -0.05) is 25.1 Å². The van der Waals surface area contributed by atoms with Crippen LogP contribution in [0.2, 0.25) is 0 Å². The molecule has 158 valence electrons. The Morgan fingerprint density at radius 2 is 1.97 bits per heavy atom. The Balaban J connectivity index is 1.28. The van der Waals surface area contributed by atoms with Crippen molar-refractivity contribution in [1.29, 1.82) is 0 Å². The van der Waals surface area contributed by atoms with E-state index in [0.29, 0.717) is 12.6 Å². The third kappa shape index (κ3) is 3.76. The third-order valence-corrected chi connectivity index (χ3v) is 5.62. The van der Waals surface area contributed by atoms with Gasteiger partial charge in [0.25, 0.3) is 0 Å². The van der Waals surface area contributed by atoms with Crippen molar-refractivity contribution in [3.8, 4) is 11.4 Å². The number of fused-ring (bicyclic) bond motifs is 1. The van der Waals surface area contributed by atoms with Crippen LogP contribution in [0.5, 0.6) is 0 Å². The molecule has 5 rings (SSSR count). The van der Waals surface area contributed by atoms with Crippen molar-refractivity contribution in [2.75, 3.05) is 12.4 Å². The molecule has 4 aromatic rings. The van der Waals surface area contributed by atoms with Gasteiger partial charge in [-0.3, -0.25) is 0 Å². The summed E-state index contributed by atoms with van der Waals surface area (Å²) in [6.07, 6.45) is 3.01. The average Bonchev–Trinajstić information content (AvgIpc) is 3.41. The van der Waals surface area contributed by atoms with Crippen LogP contribution in [0.3, 0.4) is 0 Å². The van der Waals surface area contributed by atoms with E-state index in [1.165, 1.54) is 0 Å². The van der Waals surface area contributed by atoms with Gasteiger partial charge in [-0.15, -0.1) is 5.10 Å². The largest absolute Gasteiger partial charge is 0.461 e. The molecule has 0 atom stereocenters. The molecule has 1 aliphatic carbocycles. The maximum absolute atomic E-state index is 12.8. The van der Waals surface area contributed by atoms with Gasteiger partial charge in [0.15, 0.2) is 5.82 Å². The molecule has 1 saturated carbocycles. The van der Waals surface area contributed by atoms with E-state index in [1.807, 2.05) is 53.2 Å². The number of para-hydroxylation sites is 1. The van der Waals surface area contributed by atoms with E-state index < -0.39 is 0 Å². The number of urea groups is 1. The highest BCUT2D eigenvalue weighted by molar-refractivity contribution is 5.90. The molecule has 2 heterocycles. The lowest BCUT2D eigenvalue weighted by atomic mass is 10.1. The number of aromatic nitrogens is 4. The Morgan fingerprint density at radius 3 is 2.71 bits per heavy atom. The van der Waals surface area contributed by atoms with E-state index in [4.69, 9.17) is 4.42 Å². The summed E-state index contributed by atoms with van der Waals surface area (Å²) < 4.78 is 7.83. The van der Waals surface area contributed by atoms with Gasteiger partial charge in [0.1, 0.15) is 11.3 Å². The van der Waals surface area contributed by atoms with Gasteiger partial charge in [0.05, 0.1) is 12.6 Å². The van der Waals surface area contributed by atoms with E-state index in [1.54, 1.807) is 11.9 Å². The van der Waals surface area contributed by atoms with Crippen molar-refractivity contribution in [1.82, 2.24) is 25.1 Å². The molecule has 0 saturated heterocycles. The van der Waals surface area contributed by atoms with Crippen molar-refractivity contribution >= 4 is 22.7 Å². The van der Waals surface area contributed by atoms with Gasteiger partial charge >= 0.3 is 6.03 Å². The second kappa shape index (κ2) is 7.86. The number of hydrogen-bond donors (Lipinski definition) is 1. The number of aryl methyl sites for hydroxylation is 1. The summed E-state index contributed by atoms with van der Waals surface area (Å²) in [6.45, 7) is 2.53. The number of carbonyl (C=O) groups excluding carboxylic acids is 1. The lowest BCUT2D eigenvalue weighted by Crippen LogP contribution is -2.31. The molecule has 0 aliphatic heterocycles. The van der Waals surface area contributed by atoms with Crippen LogP contribution < -0.4 is 5.32 Å². The van der Waals surface area contributed by atoms with Gasteiger partial charge in [0.2, 0.25) is 0 Å². The lowest BCUT2D eigenvalue weighted by molar-refractivity contribution is 0.220. The molecule has 0 unspecified atom stereocenters. The quantitative estimate of drug-likeness (QED) is 0.494. The van der Waals surface area contributed by atoms with Crippen LogP contribution in [-0.4, -0.2) is 38.2 Å². The fourth-order valence-corrected chi connectivity index (χ4v) is 3.79. The Hall–Kier alpha value is -3.68. The standard InChI is InChI=1S/C23H24N6O2/c1-3-20-19(18-6-4-5-7-21(18)31-20)14-28(2)23(30)24-16-10-8-15(9-11-16)22-25-26-27-29(22)17-12-13-17/h4-11,17H,3,12-14H2,1-2H3,(H,24,30). The van der Waals surface area contributed by atoms with Crippen LogP contribution in [0.25, 0.3) is 22.4 Å². The van der Waals surface area contributed by atoms with E-state index in [2.05, 4.69) is 27.8 Å². The lowest BCUT2D eigenvalue weighted by Gasteiger charge is -2.18. The number of benzene rings is 2. The number of nitrogens with zero attached hydrogens (tertiary/aromatic N) is 5. The minimum absolute atomic E-state index is 0.178. The van der Waals surface area contributed by atoms with E-state index in [-0.39, 0.29) is 6.03 Å². The first-order valence-corrected chi connectivity index (χ1v) is 10.5. The van der Waals surface area contributed by atoms with Gasteiger partial charge < -0.3 is 14.6 Å². The van der Waals surface area contributed by atoms with Crippen molar-refractivity contribution < 1.29 is 9.21 Å². The molecule has 0 radical (unpaired) electrons.